The molecule has 0 atom stereocenters. The molecule has 0 unspecified atom stereocenters. The summed E-state index contributed by atoms with van der Waals surface area (Å²) >= 11 is 0. The van der Waals surface area contributed by atoms with E-state index in [9.17, 15) is 4.79 Å². The van der Waals surface area contributed by atoms with Crippen LogP contribution in [0.2, 0.25) is 0 Å². The summed E-state index contributed by atoms with van der Waals surface area (Å²) in [5.41, 5.74) is 4.96. The summed E-state index contributed by atoms with van der Waals surface area (Å²) < 4.78 is 0. The minimum Gasteiger partial charge on any atom is -0.369 e. The van der Waals surface area contributed by atoms with Gasteiger partial charge in [0.05, 0.1) is 6.54 Å². The number of nitrogens with zero attached hydrogens (tertiary/aromatic N) is 1. The highest BCUT2D eigenvalue weighted by atomic mass is 16.1. The molecular formula is C8H19N3O. The van der Waals surface area contributed by atoms with Crippen molar-refractivity contribution < 1.29 is 4.79 Å². The molecule has 3 N–H and O–H groups in total. The molecule has 72 valence electrons. The minimum atomic E-state index is -0.297. The summed E-state index contributed by atoms with van der Waals surface area (Å²) in [5, 5.41) is 2.97. The predicted octanol–water partition coefficient (Wildman–Crippen LogP) is -0.597. The van der Waals surface area contributed by atoms with Gasteiger partial charge >= 0.3 is 0 Å². The maximum atomic E-state index is 10.3. The van der Waals surface area contributed by atoms with E-state index in [4.69, 9.17) is 5.73 Å². The van der Waals surface area contributed by atoms with Crippen LogP contribution < -0.4 is 11.1 Å². The third-order valence-corrected chi connectivity index (χ3v) is 1.80. The topological polar surface area (TPSA) is 58.4 Å². The monoisotopic (exact) mass is 173 g/mol. The predicted molar refractivity (Wildman–Crippen MR) is 49.9 cm³/mol. The van der Waals surface area contributed by atoms with Crippen molar-refractivity contribution in [2.45, 2.75) is 13.8 Å². The fraction of sp³-hybridized carbons (Fsp3) is 0.875. The van der Waals surface area contributed by atoms with E-state index in [1.165, 1.54) is 0 Å². The molecule has 0 aliphatic heterocycles. The number of nitrogens with one attached hydrogen (secondary N) is 1. The number of primary amides is 1. The molecule has 0 aromatic heterocycles. The average Bonchev–Trinajstić information content (AvgIpc) is 2.04. The Morgan fingerprint density at radius 1 is 1.42 bits per heavy atom. The van der Waals surface area contributed by atoms with Crippen LogP contribution in [0.15, 0.2) is 0 Å². The first-order valence-corrected chi connectivity index (χ1v) is 4.42. The number of nitrogens with two attached hydrogens (primary N) is 1. The van der Waals surface area contributed by atoms with Gasteiger partial charge in [-0.05, 0) is 13.1 Å². The Hall–Kier alpha value is -0.610. The standard InChI is InChI=1S/C8H19N3O/c1-3-11(4-2)6-5-10-7-8(9)12/h10H,3-7H2,1-2H3,(H2,9,12). The molecule has 0 radical (unpaired) electrons. The second kappa shape index (κ2) is 7.06. The third kappa shape index (κ3) is 6.12. The molecule has 0 rings (SSSR count). The molecule has 0 bridgehead atoms. The van der Waals surface area contributed by atoms with Crippen LogP contribution in [0.5, 0.6) is 0 Å². The molecule has 0 aromatic rings. The lowest BCUT2D eigenvalue weighted by atomic mass is 10.4. The average molecular weight is 173 g/mol. The van der Waals surface area contributed by atoms with Gasteiger partial charge in [-0.1, -0.05) is 13.8 Å². The largest absolute Gasteiger partial charge is 0.369 e. The number of hydrogen-bond acceptors (Lipinski definition) is 3. The molecule has 12 heavy (non-hydrogen) atoms. The van der Waals surface area contributed by atoms with Gasteiger partial charge in [-0.3, -0.25) is 4.79 Å². The first-order chi connectivity index (χ1) is 5.70. The van der Waals surface area contributed by atoms with Crippen LogP contribution in [0.1, 0.15) is 13.8 Å². The van der Waals surface area contributed by atoms with E-state index in [1.807, 2.05) is 0 Å². The Labute approximate surface area is 74.1 Å². The number of likely N-dealkylation sites (N-methyl/N-ethyl adjacent to an activating group) is 1. The van der Waals surface area contributed by atoms with Gasteiger partial charge in [0.2, 0.25) is 5.91 Å². The van der Waals surface area contributed by atoms with Gasteiger partial charge in [-0.25, -0.2) is 0 Å². The summed E-state index contributed by atoms with van der Waals surface area (Å²) in [6, 6.07) is 0. The van der Waals surface area contributed by atoms with Gasteiger partial charge in [0.1, 0.15) is 0 Å². The lowest BCUT2D eigenvalue weighted by Gasteiger charge is -2.17. The van der Waals surface area contributed by atoms with Crippen molar-refractivity contribution in [3.8, 4) is 0 Å². The zero-order valence-corrected chi connectivity index (χ0v) is 7.97. The Kier molecular flexibility index (Phi) is 6.70. The number of carbonyl (C=O) groups excluding carboxylic acids is 1. The van der Waals surface area contributed by atoms with Crippen molar-refractivity contribution in [1.29, 1.82) is 0 Å². The van der Waals surface area contributed by atoms with Crippen LogP contribution >= 0.6 is 0 Å². The van der Waals surface area contributed by atoms with E-state index in [0.29, 0.717) is 0 Å². The maximum Gasteiger partial charge on any atom is 0.231 e. The Morgan fingerprint density at radius 2 is 2.00 bits per heavy atom. The van der Waals surface area contributed by atoms with Gasteiger partial charge in [-0.15, -0.1) is 0 Å². The van der Waals surface area contributed by atoms with Crippen molar-refractivity contribution >= 4 is 5.91 Å². The summed E-state index contributed by atoms with van der Waals surface area (Å²) in [7, 11) is 0. The summed E-state index contributed by atoms with van der Waals surface area (Å²) in [6.45, 7) is 8.42. The maximum absolute atomic E-state index is 10.3. The van der Waals surface area contributed by atoms with E-state index in [0.717, 1.165) is 26.2 Å². The summed E-state index contributed by atoms with van der Waals surface area (Å²) in [6.07, 6.45) is 0. The second-order valence-electron chi connectivity index (χ2n) is 2.67. The van der Waals surface area contributed by atoms with Crippen molar-refractivity contribution in [2.24, 2.45) is 5.73 Å². The van der Waals surface area contributed by atoms with Crippen LogP contribution in [-0.2, 0) is 4.79 Å². The van der Waals surface area contributed by atoms with Gasteiger partial charge in [0.15, 0.2) is 0 Å². The Morgan fingerprint density at radius 3 is 2.42 bits per heavy atom. The van der Waals surface area contributed by atoms with E-state index >= 15 is 0 Å². The number of hydrogen-bond donors (Lipinski definition) is 2. The second-order valence-corrected chi connectivity index (χ2v) is 2.67. The van der Waals surface area contributed by atoms with E-state index in [-0.39, 0.29) is 12.5 Å². The molecule has 0 aliphatic rings. The Balaban J connectivity index is 3.23. The number of carbonyl (C=O) groups is 1. The molecule has 0 aliphatic carbocycles. The molecule has 4 nitrogen and oxygen atoms in total. The highest BCUT2D eigenvalue weighted by Gasteiger charge is 1.97. The van der Waals surface area contributed by atoms with Crippen molar-refractivity contribution in [3.05, 3.63) is 0 Å². The van der Waals surface area contributed by atoms with Gasteiger partial charge in [0, 0.05) is 13.1 Å². The zero-order chi connectivity index (χ0) is 9.40. The molecule has 0 heterocycles. The number of amides is 1. The first-order valence-electron chi connectivity index (χ1n) is 4.42. The molecule has 0 saturated heterocycles. The smallest absolute Gasteiger partial charge is 0.231 e. The Bertz CT molecular complexity index is 123. The summed E-state index contributed by atoms with van der Waals surface area (Å²) in [5.74, 6) is -0.297. The molecule has 0 aromatic carbocycles. The SMILES string of the molecule is CCN(CC)CCNCC(N)=O. The van der Waals surface area contributed by atoms with Crippen LogP contribution in [0.4, 0.5) is 0 Å². The van der Waals surface area contributed by atoms with E-state index in [2.05, 4.69) is 24.1 Å². The van der Waals surface area contributed by atoms with Gasteiger partial charge in [-0.2, -0.15) is 0 Å². The molecule has 0 saturated carbocycles. The fourth-order valence-electron chi connectivity index (χ4n) is 0.989. The van der Waals surface area contributed by atoms with Crippen LogP contribution in [0.3, 0.4) is 0 Å². The first kappa shape index (κ1) is 11.4. The van der Waals surface area contributed by atoms with Crippen molar-refractivity contribution in [3.63, 3.8) is 0 Å². The van der Waals surface area contributed by atoms with Gasteiger partial charge in [0.25, 0.3) is 0 Å². The van der Waals surface area contributed by atoms with Crippen LogP contribution in [0, 0.1) is 0 Å². The van der Waals surface area contributed by atoms with Crippen molar-refractivity contribution in [2.75, 3.05) is 32.7 Å². The van der Waals surface area contributed by atoms with Crippen LogP contribution in [-0.4, -0.2) is 43.5 Å². The quantitative estimate of drug-likeness (QED) is 0.506. The molecular weight excluding hydrogens is 154 g/mol. The van der Waals surface area contributed by atoms with Crippen LogP contribution in [0.25, 0.3) is 0 Å². The van der Waals surface area contributed by atoms with E-state index < -0.39 is 0 Å². The molecule has 0 fully saturated rings. The third-order valence-electron chi connectivity index (χ3n) is 1.80. The van der Waals surface area contributed by atoms with Crippen molar-refractivity contribution in [1.82, 2.24) is 10.2 Å². The highest BCUT2D eigenvalue weighted by Crippen LogP contribution is 1.83. The van der Waals surface area contributed by atoms with E-state index in [1.54, 1.807) is 0 Å². The molecule has 4 heteroatoms. The zero-order valence-electron chi connectivity index (χ0n) is 7.97. The lowest BCUT2D eigenvalue weighted by Crippen LogP contribution is -2.35. The minimum absolute atomic E-state index is 0.279. The highest BCUT2D eigenvalue weighted by molar-refractivity contribution is 5.75. The van der Waals surface area contributed by atoms with Gasteiger partial charge < -0.3 is 16.0 Å². The molecule has 0 spiro atoms. The summed E-state index contributed by atoms with van der Waals surface area (Å²) in [4.78, 5) is 12.6. The molecule has 1 amide bonds. The number of rotatable bonds is 7. The normalized spacial score (nSPS) is 10.6. The fourth-order valence-corrected chi connectivity index (χ4v) is 0.989. The lowest BCUT2D eigenvalue weighted by molar-refractivity contribution is -0.117.